The number of hydrogen-bond acceptors (Lipinski definition) is 3. The second-order valence-electron chi connectivity index (χ2n) is 7.49. The largest absolute Gasteiger partial charge is 0.364 e. The Morgan fingerprint density at radius 2 is 2.07 bits per heavy atom. The summed E-state index contributed by atoms with van der Waals surface area (Å²) in [6, 6.07) is 13.7. The van der Waals surface area contributed by atoms with E-state index in [1.165, 1.54) is 15.7 Å². The lowest BCUT2D eigenvalue weighted by atomic mass is 9.85. The van der Waals surface area contributed by atoms with Crippen LogP contribution in [0, 0.1) is 0 Å². The van der Waals surface area contributed by atoms with Gasteiger partial charge in [0.05, 0.1) is 24.2 Å². The standard InChI is InChI=1S/C21H21N3O3/c1-23-18-11-14(7-8-17(18)22-20(23)26)19(25)24-10-4-9-21(13-24)16-6-3-2-5-15(16)12-27-21/h2-3,5-8,11H,4,9-10,12-13H2,1H3,(H,22,26). The molecule has 0 aliphatic carbocycles. The lowest BCUT2D eigenvalue weighted by Crippen LogP contribution is -2.48. The van der Waals surface area contributed by atoms with Crippen molar-refractivity contribution in [3.05, 3.63) is 69.6 Å². The zero-order valence-electron chi connectivity index (χ0n) is 15.2. The molecule has 1 atom stereocenters. The van der Waals surface area contributed by atoms with Gasteiger partial charge in [0.25, 0.3) is 5.91 Å². The molecule has 138 valence electrons. The van der Waals surface area contributed by atoms with Gasteiger partial charge in [-0.15, -0.1) is 0 Å². The van der Waals surface area contributed by atoms with Crippen LogP contribution in [-0.4, -0.2) is 33.4 Å². The van der Waals surface area contributed by atoms with Gasteiger partial charge in [-0.2, -0.15) is 0 Å². The molecule has 1 unspecified atom stereocenters. The number of nitrogens with zero attached hydrogens (tertiary/aromatic N) is 2. The number of amides is 1. The number of carbonyl (C=O) groups excluding carboxylic acids is 1. The average Bonchev–Trinajstić information content (AvgIpc) is 3.19. The van der Waals surface area contributed by atoms with E-state index in [0.717, 1.165) is 30.4 Å². The number of aryl methyl sites for hydroxylation is 1. The van der Waals surface area contributed by atoms with E-state index in [9.17, 15) is 9.59 Å². The van der Waals surface area contributed by atoms with E-state index in [0.29, 0.717) is 18.7 Å². The first-order chi connectivity index (χ1) is 13.1. The molecule has 6 heteroatoms. The lowest BCUT2D eigenvalue weighted by Gasteiger charge is -2.40. The minimum atomic E-state index is -0.393. The smallest absolute Gasteiger partial charge is 0.326 e. The Hall–Kier alpha value is -2.86. The molecule has 6 nitrogen and oxygen atoms in total. The van der Waals surface area contributed by atoms with Crippen LogP contribution in [0.15, 0.2) is 47.3 Å². The summed E-state index contributed by atoms with van der Waals surface area (Å²) in [4.78, 5) is 29.7. The van der Waals surface area contributed by atoms with Gasteiger partial charge in [0.2, 0.25) is 0 Å². The van der Waals surface area contributed by atoms with Gasteiger partial charge in [0.1, 0.15) is 5.60 Å². The van der Waals surface area contributed by atoms with Crippen LogP contribution >= 0.6 is 0 Å². The molecule has 1 saturated heterocycles. The third-order valence-corrected chi connectivity index (χ3v) is 5.91. The molecule has 0 radical (unpaired) electrons. The molecule has 1 amide bonds. The number of benzene rings is 2. The van der Waals surface area contributed by atoms with Crippen LogP contribution < -0.4 is 5.69 Å². The zero-order valence-corrected chi connectivity index (χ0v) is 15.2. The van der Waals surface area contributed by atoms with Gasteiger partial charge in [0.15, 0.2) is 0 Å². The van der Waals surface area contributed by atoms with Crippen molar-refractivity contribution in [3.8, 4) is 0 Å². The number of H-pyrrole nitrogens is 1. The number of hydrogen-bond donors (Lipinski definition) is 1. The predicted octanol–water partition coefficient (Wildman–Crippen LogP) is 2.53. The van der Waals surface area contributed by atoms with Gasteiger partial charge in [-0.3, -0.25) is 9.36 Å². The van der Waals surface area contributed by atoms with Gasteiger partial charge >= 0.3 is 5.69 Å². The second kappa shape index (κ2) is 5.82. The summed E-state index contributed by atoms with van der Waals surface area (Å²) in [5, 5.41) is 0. The molecular formula is C21H21N3O3. The Balaban J connectivity index is 1.47. The molecule has 1 N–H and O–H groups in total. The van der Waals surface area contributed by atoms with Crippen LogP contribution in [0.3, 0.4) is 0 Å². The average molecular weight is 363 g/mol. The number of fused-ring (bicyclic) bond motifs is 3. The number of rotatable bonds is 1. The summed E-state index contributed by atoms with van der Waals surface area (Å²) in [5.74, 6) is -0.0161. The third-order valence-electron chi connectivity index (χ3n) is 5.91. The van der Waals surface area contributed by atoms with E-state index in [1.807, 2.05) is 17.0 Å². The highest BCUT2D eigenvalue weighted by molar-refractivity contribution is 5.97. The first-order valence-electron chi connectivity index (χ1n) is 9.28. The maximum Gasteiger partial charge on any atom is 0.326 e. The Bertz CT molecular complexity index is 1110. The number of aromatic nitrogens is 2. The van der Waals surface area contributed by atoms with Crippen LogP contribution in [-0.2, 0) is 24.0 Å². The zero-order chi connectivity index (χ0) is 18.6. The fourth-order valence-electron chi connectivity index (χ4n) is 4.46. The topological polar surface area (TPSA) is 67.3 Å². The lowest BCUT2D eigenvalue weighted by molar-refractivity contribution is -0.0785. The van der Waals surface area contributed by atoms with E-state index < -0.39 is 5.60 Å². The molecule has 0 saturated carbocycles. The van der Waals surface area contributed by atoms with Crippen molar-refractivity contribution < 1.29 is 9.53 Å². The van der Waals surface area contributed by atoms with E-state index in [4.69, 9.17) is 4.74 Å². The van der Waals surface area contributed by atoms with Crippen LogP contribution in [0.25, 0.3) is 11.0 Å². The molecule has 1 spiro atoms. The summed E-state index contributed by atoms with van der Waals surface area (Å²) in [6.45, 7) is 1.89. The molecule has 2 aliphatic rings. The molecule has 5 rings (SSSR count). The van der Waals surface area contributed by atoms with Crippen LogP contribution in [0.2, 0.25) is 0 Å². The van der Waals surface area contributed by atoms with Crippen molar-refractivity contribution in [2.45, 2.75) is 25.0 Å². The molecule has 2 aromatic carbocycles. The third kappa shape index (κ3) is 2.44. The number of aromatic amines is 1. The maximum absolute atomic E-state index is 13.2. The predicted molar refractivity (Wildman–Crippen MR) is 102 cm³/mol. The number of piperidine rings is 1. The summed E-state index contributed by atoms with van der Waals surface area (Å²) >= 11 is 0. The number of nitrogens with one attached hydrogen (secondary N) is 1. The highest BCUT2D eigenvalue weighted by atomic mass is 16.5. The molecule has 3 aromatic rings. The first kappa shape index (κ1) is 16.3. The minimum Gasteiger partial charge on any atom is -0.364 e. The fourth-order valence-corrected chi connectivity index (χ4v) is 4.46. The molecule has 27 heavy (non-hydrogen) atoms. The van der Waals surface area contributed by atoms with Crippen molar-refractivity contribution in [1.82, 2.24) is 14.5 Å². The SMILES string of the molecule is Cn1c(=O)[nH]c2ccc(C(=O)N3CCCC4(C3)OCc3ccccc34)cc21. The van der Waals surface area contributed by atoms with Crippen molar-refractivity contribution >= 4 is 16.9 Å². The summed E-state index contributed by atoms with van der Waals surface area (Å²) in [6.07, 6.45) is 1.84. The van der Waals surface area contributed by atoms with E-state index in [2.05, 4.69) is 17.1 Å². The normalized spacial score (nSPS) is 21.7. The first-order valence-corrected chi connectivity index (χ1v) is 9.28. The minimum absolute atomic E-state index is 0.0161. The summed E-state index contributed by atoms with van der Waals surface area (Å²) < 4.78 is 7.74. The van der Waals surface area contributed by atoms with Crippen LogP contribution in [0.4, 0.5) is 0 Å². The summed E-state index contributed by atoms with van der Waals surface area (Å²) in [5.41, 5.74) is 3.93. The van der Waals surface area contributed by atoms with Crippen LogP contribution in [0.1, 0.15) is 34.3 Å². The number of ether oxygens (including phenoxy) is 1. The quantitative estimate of drug-likeness (QED) is 0.722. The Morgan fingerprint density at radius 1 is 1.22 bits per heavy atom. The Morgan fingerprint density at radius 3 is 2.96 bits per heavy atom. The van der Waals surface area contributed by atoms with Gasteiger partial charge in [-0.25, -0.2) is 4.79 Å². The van der Waals surface area contributed by atoms with Crippen LogP contribution in [0.5, 0.6) is 0 Å². The Labute approximate surface area is 156 Å². The highest BCUT2D eigenvalue weighted by Gasteiger charge is 2.44. The number of likely N-dealkylation sites (tertiary alicyclic amines) is 1. The highest BCUT2D eigenvalue weighted by Crippen LogP contribution is 2.43. The number of imidazole rings is 1. The Kier molecular flexibility index (Phi) is 3.52. The van der Waals surface area contributed by atoms with E-state index in [1.54, 1.807) is 25.2 Å². The molecule has 0 bridgehead atoms. The maximum atomic E-state index is 13.2. The van der Waals surface area contributed by atoms with E-state index >= 15 is 0 Å². The molecule has 3 heterocycles. The molecule has 1 fully saturated rings. The van der Waals surface area contributed by atoms with Gasteiger partial charge in [-0.1, -0.05) is 24.3 Å². The van der Waals surface area contributed by atoms with E-state index in [-0.39, 0.29) is 11.6 Å². The van der Waals surface area contributed by atoms with Gasteiger partial charge < -0.3 is 14.6 Å². The van der Waals surface area contributed by atoms with Gasteiger partial charge in [-0.05, 0) is 42.2 Å². The summed E-state index contributed by atoms with van der Waals surface area (Å²) in [7, 11) is 1.70. The van der Waals surface area contributed by atoms with Gasteiger partial charge in [0, 0.05) is 19.2 Å². The fraction of sp³-hybridized carbons (Fsp3) is 0.333. The second-order valence-corrected chi connectivity index (χ2v) is 7.49. The molecule has 2 aliphatic heterocycles. The molecule has 1 aromatic heterocycles. The molecular weight excluding hydrogens is 342 g/mol. The monoisotopic (exact) mass is 363 g/mol. The van der Waals surface area contributed by atoms with Crippen molar-refractivity contribution in [1.29, 1.82) is 0 Å². The number of carbonyl (C=O) groups is 1. The van der Waals surface area contributed by atoms with Crippen molar-refractivity contribution in [2.24, 2.45) is 7.05 Å². The van der Waals surface area contributed by atoms with Crippen molar-refractivity contribution in [2.75, 3.05) is 13.1 Å². The van der Waals surface area contributed by atoms with Crippen molar-refractivity contribution in [3.63, 3.8) is 0 Å².